The number of carboxylic acids is 1. The van der Waals surface area contributed by atoms with Crippen LogP contribution >= 0.6 is 11.3 Å². The maximum atomic E-state index is 12.5. The van der Waals surface area contributed by atoms with Gasteiger partial charge in [0.25, 0.3) is 0 Å². The summed E-state index contributed by atoms with van der Waals surface area (Å²) in [6.45, 7) is 5.34. The largest absolute Gasteiger partial charge is 0.480 e. The summed E-state index contributed by atoms with van der Waals surface area (Å²) in [6.07, 6.45) is 0.331. The predicted octanol–water partition coefficient (Wildman–Crippen LogP) is 2.33. The van der Waals surface area contributed by atoms with Gasteiger partial charge in [-0.3, -0.25) is 9.59 Å². The minimum absolute atomic E-state index is 0.0688. The molecule has 1 aliphatic rings. The van der Waals surface area contributed by atoms with Gasteiger partial charge >= 0.3 is 5.97 Å². The fraction of sp³-hybridized carbons (Fsp3) is 0.444. The second-order valence-corrected chi connectivity index (χ2v) is 8.01. The highest BCUT2D eigenvalue weighted by Crippen LogP contribution is 2.30. The normalized spacial score (nSPS) is 19.6. The SMILES string of the molecule is CCC(C)(NC(=O)C1CC(=O)N(c2ccc3sc(C)nc3c2)C1)C(=O)O. The molecule has 1 saturated heterocycles. The number of nitrogens with zero attached hydrogens (tertiary/aromatic N) is 2. The van der Waals surface area contributed by atoms with Gasteiger partial charge in [-0.1, -0.05) is 6.92 Å². The van der Waals surface area contributed by atoms with Crippen LogP contribution in [0.1, 0.15) is 31.7 Å². The molecule has 0 saturated carbocycles. The van der Waals surface area contributed by atoms with Crippen LogP contribution in [0.15, 0.2) is 18.2 Å². The van der Waals surface area contributed by atoms with Crippen LogP contribution in [0.4, 0.5) is 5.69 Å². The topological polar surface area (TPSA) is 99.6 Å². The van der Waals surface area contributed by atoms with E-state index in [1.807, 2.05) is 25.1 Å². The summed E-state index contributed by atoms with van der Waals surface area (Å²) in [6, 6.07) is 5.63. The molecule has 1 fully saturated rings. The van der Waals surface area contributed by atoms with E-state index in [4.69, 9.17) is 0 Å². The predicted molar refractivity (Wildman–Crippen MR) is 99.3 cm³/mol. The molecule has 2 amide bonds. The number of benzene rings is 1. The van der Waals surface area contributed by atoms with Crippen LogP contribution in [-0.2, 0) is 14.4 Å². The number of rotatable bonds is 5. The van der Waals surface area contributed by atoms with Crippen molar-refractivity contribution in [3.8, 4) is 0 Å². The molecule has 2 unspecified atom stereocenters. The lowest BCUT2D eigenvalue weighted by Gasteiger charge is -2.26. The summed E-state index contributed by atoms with van der Waals surface area (Å²) in [5.41, 5.74) is 0.208. The Morgan fingerprint density at radius 3 is 2.85 bits per heavy atom. The van der Waals surface area contributed by atoms with E-state index >= 15 is 0 Å². The number of carbonyl (C=O) groups excluding carboxylic acids is 2. The van der Waals surface area contributed by atoms with Crippen LogP contribution in [0, 0.1) is 12.8 Å². The number of thiazole rings is 1. The van der Waals surface area contributed by atoms with Crippen molar-refractivity contribution in [1.82, 2.24) is 10.3 Å². The summed E-state index contributed by atoms with van der Waals surface area (Å²) in [5.74, 6) is -2.21. The Kier molecular flexibility index (Phi) is 4.70. The van der Waals surface area contributed by atoms with E-state index in [1.54, 1.807) is 23.2 Å². The van der Waals surface area contributed by atoms with E-state index in [2.05, 4.69) is 10.3 Å². The Labute approximate surface area is 155 Å². The molecule has 0 aliphatic carbocycles. The fourth-order valence-electron chi connectivity index (χ4n) is 3.00. The van der Waals surface area contributed by atoms with Gasteiger partial charge in [-0.2, -0.15) is 0 Å². The van der Waals surface area contributed by atoms with E-state index < -0.39 is 23.3 Å². The van der Waals surface area contributed by atoms with Gasteiger partial charge in [0.15, 0.2) is 0 Å². The molecule has 0 bridgehead atoms. The van der Waals surface area contributed by atoms with Crippen LogP contribution in [0.3, 0.4) is 0 Å². The Hall–Kier alpha value is -2.48. The van der Waals surface area contributed by atoms with Crippen molar-refractivity contribution in [3.63, 3.8) is 0 Å². The smallest absolute Gasteiger partial charge is 0.329 e. The first-order valence-corrected chi connectivity index (χ1v) is 9.28. The Balaban J connectivity index is 1.77. The molecule has 26 heavy (non-hydrogen) atoms. The maximum absolute atomic E-state index is 12.5. The van der Waals surface area contributed by atoms with Gasteiger partial charge in [0, 0.05) is 18.7 Å². The molecule has 138 valence electrons. The minimum atomic E-state index is -1.33. The zero-order valence-corrected chi connectivity index (χ0v) is 15.7. The second kappa shape index (κ2) is 6.68. The number of aromatic nitrogens is 1. The number of aryl methyl sites for hydroxylation is 1. The molecule has 8 heteroatoms. The number of hydrogen-bond donors (Lipinski definition) is 2. The molecule has 7 nitrogen and oxygen atoms in total. The number of carbonyl (C=O) groups is 3. The first kappa shape index (κ1) is 18.3. The molecular formula is C18H21N3O4S. The molecule has 2 atom stereocenters. The number of fused-ring (bicyclic) bond motifs is 1. The van der Waals surface area contributed by atoms with Crippen LogP contribution in [-0.4, -0.2) is 40.0 Å². The van der Waals surface area contributed by atoms with Crippen molar-refractivity contribution < 1.29 is 19.5 Å². The van der Waals surface area contributed by atoms with Gasteiger partial charge in [-0.15, -0.1) is 11.3 Å². The molecule has 0 spiro atoms. The van der Waals surface area contributed by atoms with E-state index in [0.717, 1.165) is 15.2 Å². The van der Waals surface area contributed by atoms with Gasteiger partial charge in [-0.25, -0.2) is 9.78 Å². The third kappa shape index (κ3) is 3.29. The summed E-state index contributed by atoms with van der Waals surface area (Å²) in [5, 5.41) is 12.8. The standard InChI is InChI=1S/C18H21N3O4S/c1-4-18(3,17(24)25)20-16(23)11-7-15(22)21(9-11)12-5-6-14-13(8-12)19-10(2)26-14/h5-6,8,11H,4,7,9H2,1-3H3,(H,20,23)(H,24,25). The third-order valence-corrected chi connectivity index (χ3v) is 5.82. The zero-order valence-electron chi connectivity index (χ0n) is 14.9. The average molecular weight is 375 g/mol. The van der Waals surface area contributed by atoms with Gasteiger partial charge in [0.2, 0.25) is 11.8 Å². The van der Waals surface area contributed by atoms with Gasteiger partial charge < -0.3 is 15.3 Å². The van der Waals surface area contributed by atoms with Crippen molar-refractivity contribution in [3.05, 3.63) is 23.2 Å². The van der Waals surface area contributed by atoms with Gasteiger partial charge in [0.05, 0.1) is 21.1 Å². The number of anilines is 1. The number of nitrogens with one attached hydrogen (secondary N) is 1. The lowest BCUT2D eigenvalue weighted by Crippen LogP contribution is -2.53. The Morgan fingerprint density at radius 1 is 1.46 bits per heavy atom. The van der Waals surface area contributed by atoms with Crippen LogP contribution < -0.4 is 10.2 Å². The third-order valence-electron chi connectivity index (χ3n) is 4.86. The first-order valence-electron chi connectivity index (χ1n) is 8.46. The summed E-state index contributed by atoms with van der Waals surface area (Å²) in [4.78, 5) is 42.3. The van der Waals surface area contributed by atoms with Crippen LogP contribution in [0.5, 0.6) is 0 Å². The molecule has 2 heterocycles. The van der Waals surface area contributed by atoms with Gasteiger partial charge in [-0.05, 0) is 38.5 Å². The number of carboxylic acid groups (broad SMARTS) is 1. The number of aliphatic carboxylic acids is 1. The van der Waals surface area contributed by atoms with E-state index in [-0.39, 0.29) is 25.3 Å². The Morgan fingerprint density at radius 2 is 2.19 bits per heavy atom. The molecular weight excluding hydrogens is 354 g/mol. The van der Waals surface area contributed by atoms with Crippen molar-refractivity contribution in [1.29, 1.82) is 0 Å². The fourth-order valence-corrected chi connectivity index (χ4v) is 3.81. The quantitative estimate of drug-likeness (QED) is 0.835. The zero-order chi connectivity index (χ0) is 19.1. The highest BCUT2D eigenvalue weighted by Gasteiger charge is 2.40. The molecule has 2 aromatic rings. The highest BCUT2D eigenvalue weighted by atomic mass is 32.1. The molecule has 1 aromatic heterocycles. The Bertz CT molecular complexity index is 894. The first-order chi connectivity index (χ1) is 12.2. The van der Waals surface area contributed by atoms with E-state index in [0.29, 0.717) is 5.69 Å². The average Bonchev–Trinajstić information content (AvgIpc) is 3.15. The lowest BCUT2D eigenvalue weighted by atomic mass is 9.97. The summed E-state index contributed by atoms with van der Waals surface area (Å²) in [7, 11) is 0. The monoisotopic (exact) mass is 375 g/mol. The summed E-state index contributed by atoms with van der Waals surface area (Å²) >= 11 is 1.59. The molecule has 3 rings (SSSR count). The molecule has 1 aliphatic heterocycles. The van der Waals surface area contributed by atoms with Crippen molar-refractivity contribution in [2.75, 3.05) is 11.4 Å². The number of amides is 2. The van der Waals surface area contributed by atoms with Crippen LogP contribution in [0.25, 0.3) is 10.2 Å². The van der Waals surface area contributed by atoms with Crippen molar-refractivity contribution >= 4 is 45.0 Å². The highest BCUT2D eigenvalue weighted by molar-refractivity contribution is 7.18. The molecule has 1 aromatic carbocycles. The van der Waals surface area contributed by atoms with Gasteiger partial charge in [0.1, 0.15) is 5.54 Å². The summed E-state index contributed by atoms with van der Waals surface area (Å²) < 4.78 is 1.05. The van der Waals surface area contributed by atoms with Crippen LogP contribution in [0.2, 0.25) is 0 Å². The molecule has 2 N–H and O–H groups in total. The lowest BCUT2D eigenvalue weighted by molar-refractivity contribution is -0.147. The minimum Gasteiger partial charge on any atom is -0.480 e. The van der Waals surface area contributed by atoms with E-state index in [9.17, 15) is 19.5 Å². The van der Waals surface area contributed by atoms with Crippen molar-refractivity contribution in [2.24, 2.45) is 5.92 Å². The number of hydrogen-bond acceptors (Lipinski definition) is 5. The van der Waals surface area contributed by atoms with E-state index in [1.165, 1.54) is 6.92 Å². The maximum Gasteiger partial charge on any atom is 0.329 e. The molecule has 0 radical (unpaired) electrons. The second-order valence-electron chi connectivity index (χ2n) is 6.77. The van der Waals surface area contributed by atoms with Crippen molar-refractivity contribution in [2.45, 2.75) is 39.2 Å².